The van der Waals surface area contributed by atoms with Gasteiger partial charge in [0.25, 0.3) is 0 Å². The van der Waals surface area contributed by atoms with E-state index in [1.165, 1.54) is 87.6 Å². The summed E-state index contributed by atoms with van der Waals surface area (Å²) in [5.74, 6) is 1.79. The van der Waals surface area contributed by atoms with Crippen molar-refractivity contribution in [3.63, 3.8) is 0 Å². The van der Waals surface area contributed by atoms with E-state index in [9.17, 15) is 0 Å². The van der Waals surface area contributed by atoms with Crippen LogP contribution in [0.2, 0.25) is 0 Å². The summed E-state index contributed by atoms with van der Waals surface area (Å²) in [6.45, 7) is 0.979. The number of hydrogen-bond donors (Lipinski definition) is 0. The molecule has 0 fully saturated rings. The van der Waals surface area contributed by atoms with Gasteiger partial charge in [0.2, 0.25) is 0 Å². The lowest BCUT2D eigenvalue weighted by molar-refractivity contribution is 0.308. The van der Waals surface area contributed by atoms with Crippen LogP contribution in [0.3, 0.4) is 0 Å². The maximum absolute atomic E-state index is 6.74. The van der Waals surface area contributed by atoms with E-state index in [1.807, 2.05) is 0 Å². The third-order valence-corrected chi connectivity index (χ3v) is 11.7. The molecule has 1 aliphatic carbocycles. The molecule has 0 radical (unpaired) electrons. The molecule has 57 heavy (non-hydrogen) atoms. The van der Waals surface area contributed by atoms with Crippen LogP contribution >= 0.6 is 0 Å². The lowest BCUT2D eigenvalue weighted by Crippen LogP contribution is -1.99. The molecule has 0 saturated carbocycles. The average molecular weight is 731 g/mol. The van der Waals surface area contributed by atoms with Crippen LogP contribution in [0.15, 0.2) is 194 Å². The Hall–Kier alpha value is -7.16. The fraction of sp³-hybridized carbons (Fsp3) is 0.0545. The molecule has 0 heterocycles. The van der Waals surface area contributed by atoms with Crippen molar-refractivity contribution in [3.8, 4) is 44.9 Å². The molecule has 270 valence electrons. The molecule has 0 aliphatic heterocycles. The second kappa shape index (κ2) is 13.8. The smallest absolute Gasteiger partial charge is 0.128 e. The van der Waals surface area contributed by atoms with E-state index in [-0.39, 0.29) is 0 Å². The molecule has 0 bridgehead atoms. The van der Waals surface area contributed by atoms with Crippen molar-refractivity contribution >= 4 is 43.1 Å². The zero-order valence-electron chi connectivity index (χ0n) is 31.4. The maximum Gasteiger partial charge on any atom is 0.128 e. The van der Waals surface area contributed by atoms with Crippen molar-refractivity contribution in [2.24, 2.45) is 0 Å². The van der Waals surface area contributed by atoms with Crippen LogP contribution in [0.5, 0.6) is 11.5 Å². The van der Waals surface area contributed by atoms with Crippen LogP contribution in [0.25, 0.3) is 76.5 Å². The minimum Gasteiger partial charge on any atom is -0.488 e. The van der Waals surface area contributed by atoms with Gasteiger partial charge in [-0.15, -0.1) is 0 Å². The minimum absolute atomic E-state index is 0.490. The van der Waals surface area contributed by atoms with E-state index >= 15 is 0 Å². The van der Waals surface area contributed by atoms with Gasteiger partial charge in [-0.2, -0.15) is 0 Å². The predicted octanol–water partition coefficient (Wildman–Crippen LogP) is 14.4. The molecule has 0 spiro atoms. The lowest BCUT2D eigenvalue weighted by atomic mass is 9.93. The Balaban J connectivity index is 0.858. The third kappa shape index (κ3) is 5.89. The summed E-state index contributed by atoms with van der Waals surface area (Å²) in [5, 5.41) is 9.70. The van der Waals surface area contributed by atoms with Crippen molar-refractivity contribution in [2.75, 3.05) is 0 Å². The highest BCUT2D eigenvalue weighted by atomic mass is 16.5. The average Bonchev–Trinajstić information content (AvgIpc) is 3.64. The Morgan fingerprint density at radius 3 is 1.16 bits per heavy atom. The highest BCUT2D eigenvalue weighted by Crippen LogP contribution is 2.43. The van der Waals surface area contributed by atoms with Gasteiger partial charge < -0.3 is 9.47 Å². The molecular weight excluding hydrogens is 693 g/mol. The normalized spacial score (nSPS) is 11.9. The van der Waals surface area contributed by atoms with Crippen molar-refractivity contribution in [1.29, 1.82) is 0 Å². The van der Waals surface area contributed by atoms with Gasteiger partial charge in [-0.25, -0.2) is 0 Å². The fourth-order valence-corrected chi connectivity index (χ4v) is 9.01. The van der Waals surface area contributed by atoms with E-state index < -0.39 is 0 Å². The van der Waals surface area contributed by atoms with Crippen LogP contribution in [0, 0.1) is 0 Å². The first-order chi connectivity index (χ1) is 28.2. The Morgan fingerprint density at radius 2 is 0.702 bits per heavy atom. The molecule has 2 nitrogen and oxygen atoms in total. The summed E-state index contributed by atoms with van der Waals surface area (Å²) in [5.41, 5.74) is 12.3. The van der Waals surface area contributed by atoms with E-state index in [4.69, 9.17) is 9.47 Å². The molecular formula is C55H38O2. The fourth-order valence-electron chi connectivity index (χ4n) is 9.01. The summed E-state index contributed by atoms with van der Waals surface area (Å²) in [4.78, 5) is 0. The van der Waals surface area contributed by atoms with Crippen molar-refractivity contribution in [3.05, 3.63) is 216 Å². The van der Waals surface area contributed by atoms with Gasteiger partial charge in [-0.3, -0.25) is 0 Å². The van der Waals surface area contributed by atoms with Crippen LogP contribution in [0.1, 0.15) is 22.3 Å². The molecule has 11 rings (SSSR count). The molecule has 0 saturated heterocycles. The molecule has 1 aliphatic rings. The van der Waals surface area contributed by atoms with Crippen LogP contribution in [-0.4, -0.2) is 0 Å². The monoisotopic (exact) mass is 730 g/mol. The highest BCUT2D eigenvalue weighted by molar-refractivity contribution is 6.09. The van der Waals surface area contributed by atoms with Crippen molar-refractivity contribution < 1.29 is 9.47 Å². The number of fused-ring (bicyclic) bond motifs is 7. The summed E-state index contributed by atoms with van der Waals surface area (Å²) in [6, 6.07) is 69.7. The molecule has 0 atom stereocenters. The summed E-state index contributed by atoms with van der Waals surface area (Å²) < 4.78 is 13.5. The second-order valence-electron chi connectivity index (χ2n) is 15.1. The molecule has 0 aromatic heterocycles. The predicted molar refractivity (Wildman–Crippen MR) is 237 cm³/mol. The Labute approximate surface area is 332 Å². The molecule has 0 unspecified atom stereocenters. The number of benzene rings is 10. The first-order valence-electron chi connectivity index (χ1n) is 19.7. The third-order valence-electron chi connectivity index (χ3n) is 11.7. The van der Waals surface area contributed by atoms with E-state index in [2.05, 4.69) is 194 Å². The molecule has 10 aromatic rings. The van der Waals surface area contributed by atoms with Gasteiger partial charge in [0.15, 0.2) is 0 Å². The molecule has 2 heteroatoms. The van der Waals surface area contributed by atoms with E-state index in [0.29, 0.717) is 13.2 Å². The molecule has 0 N–H and O–H groups in total. The lowest BCUT2D eigenvalue weighted by Gasteiger charge is -2.17. The van der Waals surface area contributed by atoms with Gasteiger partial charge in [-0.1, -0.05) is 182 Å². The Morgan fingerprint density at radius 1 is 0.316 bits per heavy atom. The topological polar surface area (TPSA) is 18.5 Å². The minimum atomic E-state index is 0.490. The van der Waals surface area contributed by atoms with Crippen molar-refractivity contribution in [2.45, 2.75) is 19.6 Å². The first-order valence-corrected chi connectivity index (χ1v) is 19.7. The number of rotatable bonds is 8. The maximum atomic E-state index is 6.74. The van der Waals surface area contributed by atoms with Gasteiger partial charge in [0.05, 0.1) is 0 Å². The van der Waals surface area contributed by atoms with Crippen LogP contribution in [0.4, 0.5) is 0 Å². The van der Waals surface area contributed by atoms with Gasteiger partial charge in [0, 0.05) is 11.1 Å². The van der Waals surface area contributed by atoms with Crippen LogP contribution < -0.4 is 9.47 Å². The SMILES string of the molecule is c1ccc2c(-c3c(OCc4ccc5c(c4)Cc4cc(COc6ccc7ccccc7c6-c6cccc7ccccc67)ccc4-5)ccc4ccccc34)cccc2c1. The summed E-state index contributed by atoms with van der Waals surface area (Å²) in [6.07, 6.45) is 0.890. The van der Waals surface area contributed by atoms with E-state index in [0.717, 1.165) is 29.0 Å². The number of ether oxygens (including phenoxy) is 2. The molecule has 10 aromatic carbocycles. The molecule has 0 amide bonds. The van der Waals surface area contributed by atoms with E-state index in [1.54, 1.807) is 0 Å². The Kier molecular flexibility index (Phi) is 8.07. The van der Waals surface area contributed by atoms with Crippen molar-refractivity contribution in [1.82, 2.24) is 0 Å². The Bertz CT molecular complexity index is 2950. The van der Waals surface area contributed by atoms with Crippen LogP contribution in [-0.2, 0) is 19.6 Å². The van der Waals surface area contributed by atoms with Gasteiger partial charge in [-0.05, 0) is 106 Å². The second-order valence-corrected chi connectivity index (χ2v) is 15.1. The quantitative estimate of drug-likeness (QED) is 0.155. The zero-order chi connectivity index (χ0) is 37.7. The largest absolute Gasteiger partial charge is 0.488 e. The summed E-state index contributed by atoms with van der Waals surface area (Å²) >= 11 is 0. The standard InChI is InChI=1S/C55H38O2/c1-5-17-44-38(11-1)15-9-21-50(44)54-48-19-7-3-13-40(48)25-29-52(54)56-34-36-23-27-46-42(31-36)33-43-32-37(24-28-47(43)46)35-57-53-30-26-41-14-4-8-20-49(41)55(53)51-22-10-16-39-12-2-6-18-45(39)51/h1-32H,33-35H2. The summed E-state index contributed by atoms with van der Waals surface area (Å²) in [7, 11) is 0. The highest BCUT2D eigenvalue weighted by Gasteiger charge is 2.21. The first kappa shape index (κ1) is 33.2. The van der Waals surface area contributed by atoms with Gasteiger partial charge >= 0.3 is 0 Å². The number of hydrogen-bond acceptors (Lipinski definition) is 2. The zero-order valence-corrected chi connectivity index (χ0v) is 31.4. The van der Waals surface area contributed by atoms with Gasteiger partial charge in [0.1, 0.15) is 24.7 Å².